The zero-order valence-corrected chi connectivity index (χ0v) is 18.4. The van der Waals surface area contributed by atoms with Gasteiger partial charge in [0, 0.05) is 23.3 Å². The molecule has 1 heterocycles. The molecule has 0 radical (unpaired) electrons. The van der Waals surface area contributed by atoms with Crippen molar-refractivity contribution < 1.29 is 28.8 Å². The summed E-state index contributed by atoms with van der Waals surface area (Å²) < 4.78 is 5.33. The lowest BCUT2D eigenvalue weighted by Crippen LogP contribution is -2.39. The predicted octanol–water partition coefficient (Wildman–Crippen LogP) is 2.67. The van der Waals surface area contributed by atoms with E-state index in [-0.39, 0.29) is 23.4 Å². The quantitative estimate of drug-likeness (QED) is 0.196. The Morgan fingerprint density at radius 1 is 0.912 bits per heavy atom. The van der Waals surface area contributed by atoms with Crippen molar-refractivity contribution in [3.63, 3.8) is 0 Å². The molecule has 0 saturated heterocycles. The minimum atomic E-state index is -1.37. The SMILES string of the molecule is O=C(CNC(=O)c1cccs1)NCC(=O)O[C@H](C(=O)c1ccccc1)c1ccc([N+](=O)[O-])cc1. The van der Waals surface area contributed by atoms with E-state index in [0.717, 1.165) is 0 Å². The number of thiophene rings is 1. The highest BCUT2D eigenvalue weighted by Gasteiger charge is 2.27. The normalized spacial score (nSPS) is 11.2. The van der Waals surface area contributed by atoms with E-state index < -0.39 is 41.1 Å². The maximum Gasteiger partial charge on any atom is 0.326 e. The largest absolute Gasteiger partial charge is 0.448 e. The van der Waals surface area contributed by atoms with E-state index >= 15 is 0 Å². The number of amides is 2. The molecular weight excluding hydrogens is 462 g/mol. The van der Waals surface area contributed by atoms with Crippen LogP contribution in [0.5, 0.6) is 0 Å². The van der Waals surface area contributed by atoms with Gasteiger partial charge in [-0.3, -0.25) is 29.3 Å². The van der Waals surface area contributed by atoms with Crippen LogP contribution in [0.4, 0.5) is 5.69 Å². The molecule has 0 aliphatic heterocycles. The number of carbonyl (C=O) groups is 4. The Morgan fingerprint density at radius 2 is 1.62 bits per heavy atom. The van der Waals surface area contributed by atoms with Crippen LogP contribution >= 0.6 is 11.3 Å². The number of nitro benzene ring substituents is 1. The summed E-state index contributed by atoms with van der Waals surface area (Å²) in [6.45, 7) is -0.891. The van der Waals surface area contributed by atoms with Gasteiger partial charge >= 0.3 is 5.97 Å². The number of nitrogens with zero attached hydrogens (tertiary/aromatic N) is 1. The molecule has 0 bridgehead atoms. The summed E-state index contributed by atoms with van der Waals surface area (Å²) in [4.78, 5) is 60.0. The second-order valence-electron chi connectivity index (χ2n) is 6.89. The van der Waals surface area contributed by atoms with Crippen molar-refractivity contribution in [3.8, 4) is 0 Å². The Kier molecular flexibility index (Phi) is 8.19. The first-order valence-corrected chi connectivity index (χ1v) is 10.8. The van der Waals surface area contributed by atoms with E-state index in [2.05, 4.69) is 10.6 Å². The first-order chi connectivity index (χ1) is 16.3. The number of hydrogen-bond donors (Lipinski definition) is 2. The molecule has 0 unspecified atom stereocenters. The third-order valence-electron chi connectivity index (χ3n) is 4.54. The van der Waals surface area contributed by atoms with E-state index in [1.165, 1.54) is 35.6 Å². The van der Waals surface area contributed by atoms with Gasteiger partial charge in [0.25, 0.3) is 11.6 Å². The van der Waals surface area contributed by atoms with Crippen LogP contribution in [0.15, 0.2) is 72.1 Å². The Hall–Kier alpha value is -4.38. The lowest BCUT2D eigenvalue weighted by Gasteiger charge is -2.17. The van der Waals surface area contributed by atoms with Crippen LogP contribution in [0.1, 0.15) is 31.7 Å². The molecule has 1 atom stereocenters. The van der Waals surface area contributed by atoms with Crippen LogP contribution in [0.25, 0.3) is 0 Å². The highest BCUT2D eigenvalue weighted by molar-refractivity contribution is 7.12. The average molecular weight is 481 g/mol. The summed E-state index contributed by atoms with van der Waals surface area (Å²) in [6.07, 6.45) is -1.37. The van der Waals surface area contributed by atoms with Crippen molar-refractivity contribution in [1.29, 1.82) is 0 Å². The van der Waals surface area contributed by atoms with E-state index in [4.69, 9.17) is 4.74 Å². The van der Waals surface area contributed by atoms with Crippen molar-refractivity contribution in [2.45, 2.75) is 6.10 Å². The molecule has 3 rings (SSSR count). The second-order valence-corrected chi connectivity index (χ2v) is 7.83. The first kappa shape index (κ1) is 24.3. The number of ketones is 1. The highest BCUT2D eigenvalue weighted by atomic mass is 32.1. The van der Waals surface area contributed by atoms with Crippen LogP contribution in [-0.4, -0.2) is 41.6 Å². The smallest absolute Gasteiger partial charge is 0.326 e. The molecule has 2 amide bonds. The van der Waals surface area contributed by atoms with Crippen LogP contribution in [0.3, 0.4) is 0 Å². The molecule has 3 aromatic rings. The van der Waals surface area contributed by atoms with Gasteiger partial charge in [0.15, 0.2) is 6.10 Å². The summed E-state index contributed by atoms with van der Waals surface area (Å²) in [6, 6.07) is 16.5. The zero-order chi connectivity index (χ0) is 24.5. The van der Waals surface area contributed by atoms with Crippen molar-refractivity contribution in [2.24, 2.45) is 0 Å². The van der Waals surface area contributed by atoms with Gasteiger partial charge in [-0.05, 0) is 23.6 Å². The predicted molar refractivity (Wildman–Crippen MR) is 122 cm³/mol. The number of benzene rings is 2. The second kappa shape index (κ2) is 11.5. The Labute approximate surface area is 197 Å². The van der Waals surface area contributed by atoms with Crippen LogP contribution in [0.2, 0.25) is 0 Å². The standard InChI is InChI=1S/C23H19N3O7S/c27-19(13-25-23(30)18-7-4-12-34-18)24-14-20(28)33-22(21(29)15-5-2-1-3-6-15)16-8-10-17(11-9-16)26(31)32/h1-12,22H,13-14H2,(H,24,27)(H,25,30)/t22-/m0/s1. The molecule has 2 N–H and O–H groups in total. The fraction of sp³-hybridized carbons (Fsp3) is 0.130. The Morgan fingerprint density at radius 3 is 2.24 bits per heavy atom. The third kappa shape index (κ3) is 6.56. The molecule has 0 aliphatic rings. The molecule has 0 spiro atoms. The van der Waals surface area contributed by atoms with E-state index in [9.17, 15) is 29.3 Å². The fourth-order valence-electron chi connectivity index (χ4n) is 2.86. The van der Waals surface area contributed by atoms with Crippen molar-refractivity contribution in [3.05, 3.63) is 98.2 Å². The minimum Gasteiger partial charge on any atom is -0.448 e. The summed E-state index contributed by atoms with van der Waals surface area (Å²) in [5.74, 6) is -2.47. The maximum absolute atomic E-state index is 13.0. The van der Waals surface area contributed by atoms with Gasteiger partial charge in [-0.2, -0.15) is 0 Å². The van der Waals surface area contributed by atoms with Crippen LogP contribution < -0.4 is 10.6 Å². The first-order valence-electron chi connectivity index (χ1n) is 9.96. The molecule has 0 saturated carbocycles. The summed E-state index contributed by atoms with van der Waals surface area (Å²) in [5, 5.41) is 17.4. The minimum absolute atomic E-state index is 0.183. The number of hydrogen-bond acceptors (Lipinski definition) is 8. The summed E-state index contributed by atoms with van der Waals surface area (Å²) in [7, 11) is 0. The summed E-state index contributed by atoms with van der Waals surface area (Å²) >= 11 is 1.22. The molecule has 174 valence electrons. The van der Waals surface area contributed by atoms with Crippen molar-refractivity contribution in [1.82, 2.24) is 10.6 Å². The lowest BCUT2D eigenvalue weighted by atomic mass is 9.99. The number of esters is 1. The molecule has 34 heavy (non-hydrogen) atoms. The van der Waals surface area contributed by atoms with Gasteiger partial charge in [0.1, 0.15) is 6.54 Å². The van der Waals surface area contributed by atoms with E-state index in [1.54, 1.807) is 47.8 Å². The van der Waals surface area contributed by atoms with E-state index in [1.807, 2.05) is 0 Å². The van der Waals surface area contributed by atoms with Gasteiger partial charge in [-0.25, -0.2) is 0 Å². The van der Waals surface area contributed by atoms with Crippen LogP contribution in [0, 0.1) is 10.1 Å². The topological polar surface area (TPSA) is 145 Å². The van der Waals surface area contributed by atoms with Crippen molar-refractivity contribution in [2.75, 3.05) is 13.1 Å². The monoisotopic (exact) mass is 481 g/mol. The molecule has 0 fully saturated rings. The Balaban J connectivity index is 1.62. The van der Waals surface area contributed by atoms with E-state index in [0.29, 0.717) is 4.88 Å². The number of carbonyl (C=O) groups excluding carboxylic acids is 4. The van der Waals surface area contributed by atoms with Crippen LogP contribution in [-0.2, 0) is 14.3 Å². The molecule has 2 aromatic carbocycles. The fourth-order valence-corrected chi connectivity index (χ4v) is 3.50. The van der Waals surface area contributed by atoms with Crippen molar-refractivity contribution >= 4 is 40.6 Å². The number of non-ortho nitro benzene ring substituents is 1. The molecule has 1 aromatic heterocycles. The maximum atomic E-state index is 13.0. The Bertz CT molecular complexity index is 1180. The molecular formula is C23H19N3O7S. The van der Waals surface area contributed by atoms with Gasteiger partial charge < -0.3 is 15.4 Å². The highest BCUT2D eigenvalue weighted by Crippen LogP contribution is 2.25. The lowest BCUT2D eigenvalue weighted by molar-refractivity contribution is -0.384. The number of Topliss-reactive ketones (excluding diaryl/α,β-unsaturated/α-hetero) is 1. The number of nitrogens with one attached hydrogen (secondary N) is 2. The average Bonchev–Trinajstić information content (AvgIpc) is 3.40. The zero-order valence-electron chi connectivity index (χ0n) is 17.6. The third-order valence-corrected chi connectivity index (χ3v) is 5.41. The molecule has 10 nitrogen and oxygen atoms in total. The number of ether oxygens (including phenoxy) is 1. The number of rotatable bonds is 10. The van der Waals surface area contributed by atoms with Gasteiger partial charge in [-0.15, -0.1) is 11.3 Å². The van der Waals surface area contributed by atoms with Gasteiger partial charge in [0.05, 0.1) is 16.3 Å². The summed E-state index contributed by atoms with van der Waals surface area (Å²) in [5.41, 5.74) is 0.333. The van der Waals surface area contributed by atoms with Gasteiger partial charge in [-0.1, -0.05) is 36.4 Å². The van der Waals surface area contributed by atoms with Gasteiger partial charge in [0.2, 0.25) is 11.7 Å². The molecule has 0 aliphatic carbocycles. The number of nitro groups is 1. The molecule has 11 heteroatoms.